The third-order valence-electron chi connectivity index (χ3n) is 8.10. The van der Waals surface area contributed by atoms with Crippen LogP contribution >= 0.6 is 0 Å². The zero-order valence-electron chi connectivity index (χ0n) is 18.3. The number of fused-ring (bicyclic) bond motifs is 1. The fraction of sp³-hybridized carbons (Fsp3) is 0.920. The molecule has 1 fully saturated rings. The van der Waals surface area contributed by atoms with Crippen molar-refractivity contribution < 1.29 is 0 Å². The molecule has 0 aromatic rings. The van der Waals surface area contributed by atoms with Gasteiger partial charge in [-0.3, -0.25) is 0 Å². The second-order valence-corrected chi connectivity index (χ2v) is 10.3. The van der Waals surface area contributed by atoms with E-state index < -0.39 is 0 Å². The maximum Gasteiger partial charge on any atom is -0.0111 e. The maximum atomic E-state index is 2.53. The van der Waals surface area contributed by atoms with E-state index in [1.807, 2.05) is 0 Å². The van der Waals surface area contributed by atoms with Crippen molar-refractivity contribution in [3.63, 3.8) is 0 Å². The second-order valence-electron chi connectivity index (χ2n) is 10.3. The maximum absolute atomic E-state index is 2.53. The third kappa shape index (κ3) is 5.61. The molecule has 0 nitrogen and oxygen atoms in total. The van der Waals surface area contributed by atoms with E-state index in [9.17, 15) is 0 Å². The SMILES string of the molecule is CC1=C(C)C(C)(C)C2CCCCCCC(C)CCC(C)CCCCC12. The summed E-state index contributed by atoms with van der Waals surface area (Å²) in [6.45, 7) is 14.9. The molecule has 4 unspecified atom stereocenters. The number of hydrogen-bond donors (Lipinski definition) is 0. The first-order chi connectivity index (χ1) is 11.8. The Labute approximate surface area is 159 Å². The van der Waals surface area contributed by atoms with Gasteiger partial charge in [0.25, 0.3) is 0 Å². The summed E-state index contributed by atoms with van der Waals surface area (Å²) in [7, 11) is 0. The smallest absolute Gasteiger partial charge is 0.0111 e. The van der Waals surface area contributed by atoms with Crippen LogP contribution in [0, 0.1) is 29.1 Å². The fourth-order valence-electron chi connectivity index (χ4n) is 5.77. The first-order valence-corrected chi connectivity index (χ1v) is 11.5. The molecule has 0 heteroatoms. The first-order valence-electron chi connectivity index (χ1n) is 11.5. The summed E-state index contributed by atoms with van der Waals surface area (Å²) < 4.78 is 0. The van der Waals surface area contributed by atoms with Crippen molar-refractivity contribution in [2.75, 3.05) is 0 Å². The molecule has 0 aliphatic heterocycles. The van der Waals surface area contributed by atoms with Gasteiger partial charge in [-0.25, -0.2) is 0 Å². The van der Waals surface area contributed by atoms with Crippen LogP contribution in [0.5, 0.6) is 0 Å². The molecule has 2 aliphatic carbocycles. The monoisotopic (exact) mass is 346 g/mol. The van der Waals surface area contributed by atoms with Crippen molar-refractivity contribution in [2.24, 2.45) is 29.1 Å². The molecule has 0 spiro atoms. The van der Waals surface area contributed by atoms with E-state index in [0.29, 0.717) is 5.41 Å². The van der Waals surface area contributed by atoms with Crippen molar-refractivity contribution in [1.82, 2.24) is 0 Å². The molecule has 0 heterocycles. The Kier molecular flexibility index (Phi) is 8.09. The summed E-state index contributed by atoms with van der Waals surface area (Å²) in [5.74, 6) is 3.66. The van der Waals surface area contributed by atoms with Crippen molar-refractivity contribution in [2.45, 2.75) is 119 Å². The zero-order chi connectivity index (χ0) is 18.4. The number of allylic oxidation sites excluding steroid dienone is 2. The second kappa shape index (κ2) is 9.61. The predicted octanol–water partition coefficient (Wildman–Crippen LogP) is 8.56. The van der Waals surface area contributed by atoms with Gasteiger partial charge in [0.15, 0.2) is 0 Å². The Hall–Kier alpha value is -0.260. The van der Waals surface area contributed by atoms with Gasteiger partial charge in [0, 0.05) is 0 Å². The zero-order valence-corrected chi connectivity index (χ0v) is 18.3. The molecule has 0 saturated heterocycles. The molecular weight excluding hydrogens is 300 g/mol. The number of rotatable bonds is 0. The molecule has 1 saturated carbocycles. The van der Waals surface area contributed by atoms with E-state index in [0.717, 1.165) is 23.7 Å². The van der Waals surface area contributed by atoms with Gasteiger partial charge in [-0.05, 0) is 55.8 Å². The molecule has 0 aromatic heterocycles. The Morgan fingerprint density at radius 2 is 1.12 bits per heavy atom. The summed E-state index contributed by atoms with van der Waals surface area (Å²) in [6, 6.07) is 0. The Balaban J connectivity index is 1.99. The fourth-order valence-corrected chi connectivity index (χ4v) is 5.77. The largest absolute Gasteiger partial charge is 0.0704 e. The van der Waals surface area contributed by atoms with Crippen LogP contribution in [0.1, 0.15) is 119 Å². The van der Waals surface area contributed by atoms with Crippen LogP contribution in [0.25, 0.3) is 0 Å². The van der Waals surface area contributed by atoms with Crippen LogP contribution in [0.3, 0.4) is 0 Å². The Bertz CT molecular complexity index is 427. The molecular formula is C25H46. The lowest BCUT2D eigenvalue weighted by atomic mass is 9.71. The van der Waals surface area contributed by atoms with E-state index in [1.54, 1.807) is 11.1 Å². The van der Waals surface area contributed by atoms with Crippen molar-refractivity contribution in [3.8, 4) is 0 Å². The minimum absolute atomic E-state index is 0.433. The van der Waals surface area contributed by atoms with Crippen LogP contribution in [0.2, 0.25) is 0 Å². The van der Waals surface area contributed by atoms with Crippen LogP contribution < -0.4 is 0 Å². The lowest BCUT2D eigenvalue weighted by molar-refractivity contribution is 0.200. The van der Waals surface area contributed by atoms with Crippen molar-refractivity contribution in [1.29, 1.82) is 0 Å². The van der Waals surface area contributed by atoms with Gasteiger partial charge in [0.05, 0.1) is 0 Å². The highest BCUT2D eigenvalue weighted by Gasteiger charge is 2.43. The molecule has 0 N–H and O–H groups in total. The molecule has 0 bridgehead atoms. The van der Waals surface area contributed by atoms with E-state index in [-0.39, 0.29) is 0 Å². The van der Waals surface area contributed by atoms with E-state index in [4.69, 9.17) is 0 Å². The van der Waals surface area contributed by atoms with Gasteiger partial charge in [0.1, 0.15) is 0 Å². The van der Waals surface area contributed by atoms with Gasteiger partial charge in [-0.15, -0.1) is 0 Å². The molecule has 0 amide bonds. The summed E-state index contributed by atoms with van der Waals surface area (Å²) >= 11 is 0. The Morgan fingerprint density at radius 1 is 0.640 bits per heavy atom. The van der Waals surface area contributed by atoms with Crippen molar-refractivity contribution in [3.05, 3.63) is 11.1 Å². The standard InChI is InChI=1S/C25H46/c1-19-13-9-7-8-10-16-24-23(21(3)22(4)25(24,5)6)15-12-11-14-20(2)18-17-19/h19-20,23-24H,7-18H2,1-6H3. The predicted molar refractivity (Wildman–Crippen MR) is 113 cm³/mol. The van der Waals surface area contributed by atoms with Gasteiger partial charge in [0.2, 0.25) is 0 Å². The van der Waals surface area contributed by atoms with Gasteiger partial charge < -0.3 is 0 Å². The van der Waals surface area contributed by atoms with Crippen LogP contribution in [0.15, 0.2) is 11.1 Å². The highest BCUT2D eigenvalue weighted by Crippen LogP contribution is 2.53. The normalized spacial score (nSPS) is 36.2. The molecule has 4 atom stereocenters. The van der Waals surface area contributed by atoms with E-state index in [2.05, 4.69) is 41.5 Å². The summed E-state index contributed by atoms with van der Waals surface area (Å²) in [5, 5.41) is 0. The Morgan fingerprint density at radius 3 is 1.72 bits per heavy atom. The topological polar surface area (TPSA) is 0 Å². The average Bonchev–Trinajstić information content (AvgIpc) is 2.72. The molecule has 146 valence electrons. The lowest BCUT2D eigenvalue weighted by Crippen LogP contribution is -2.25. The summed E-state index contributed by atoms with van der Waals surface area (Å²) in [5.41, 5.74) is 3.89. The third-order valence-corrected chi connectivity index (χ3v) is 8.10. The molecule has 2 rings (SSSR count). The molecule has 25 heavy (non-hydrogen) atoms. The minimum Gasteiger partial charge on any atom is -0.0704 e. The van der Waals surface area contributed by atoms with Crippen LogP contribution in [-0.2, 0) is 0 Å². The van der Waals surface area contributed by atoms with E-state index in [1.165, 1.54) is 77.0 Å². The first kappa shape index (κ1) is 21.0. The van der Waals surface area contributed by atoms with Gasteiger partial charge in [-0.2, -0.15) is 0 Å². The van der Waals surface area contributed by atoms with Crippen LogP contribution in [-0.4, -0.2) is 0 Å². The summed E-state index contributed by atoms with van der Waals surface area (Å²) in [4.78, 5) is 0. The van der Waals surface area contributed by atoms with Crippen molar-refractivity contribution >= 4 is 0 Å². The highest BCUT2D eigenvalue weighted by atomic mass is 14.5. The number of hydrogen-bond acceptors (Lipinski definition) is 0. The minimum atomic E-state index is 0.433. The van der Waals surface area contributed by atoms with Gasteiger partial charge >= 0.3 is 0 Å². The summed E-state index contributed by atoms with van der Waals surface area (Å²) in [6.07, 6.45) is 17.5. The quantitative estimate of drug-likeness (QED) is 0.385. The van der Waals surface area contributed by atoms with Gasteiger partial charge in [-0.1, -0.05) is 103 Å². The van der Waals surface area contributed by atoms with Crippen LogP contribution in [0.4, 0.5) is 0 Å². The lowest BCUT2D eigenvalue weighted by Gasteiger charge is -2.33. The van der Waals surface area contributed by atoms with E-state index >= 15 is 0 Å². The average molecular weight is 347 g/mol. The molecule has 0 aromatic carbocycles. The molecule has 2 aliphatic rings. The molecule has 0 radical (unpaired) electrons. The highest BCUT2D eigenvalue weighted by molar-refractivity contribution is 5.28.